The zero-order valence-corrected chi connectivity index (χ0v) is 17.2. The Bertz CT molecular complexity index is 1040. The summed E-state index contributed by atoms with van der Waals surface area (Å²) in [6.45, 7) is 4.05. The summed E-state index contributed by atoms with van der Waals surface area (Å²) >= 11 is 12.1. The number of benzene rings is 1. The second-order valence-corrected chi connectivity index (χ2v) is 7.47. The van der Waals surface area contributed by atoms with Crippen LogP contribution in [0.4, 0.5) is 11.6 Å². The first-order chi connectivity index (χ1) is 13.7. The summed E-state index contributed by atoms with van der Waals surface area (Å²) in [5.74, 6) is -0.827. The number of halogens is 2. The number of aromatic nitrogens is 4. The molecule has 3 rings (SSSR count). The van der Waals surface area contributed by atoms with Crippen molar-refractivity contribution in [3.05, 3.63) is 67.9 Å². The van der Waals surface area contributed by atoms with Crippen LogP contribution in [0.2, 0.25) is 10.0 Å². The number of aryl methyl sites for hydroxylation is 1. The number of anilines is 1. The number of rotatable bonds is 7. The molecule has 0 aliphatic heterocycles. The Morgan fingerprint density at radius 1 is 1.28 bits per heavy atom. The zero-order valence-electron chi connectivity index (χ0n) is 15.7. The van der Waals surface area contributed by atoms with Crippen LogP contribution < -0.4 is 5.32 Å². The lowest BCUT2D eigenvalue weighted by Crippen LogP contribution is -2.25. The average Bonchev–Trinajstić information content (AvgIpc) is 3.19. The van der Waals surface area contributed by atoms with Crippen molar-refractivity contribution in [1.82, 2.24) is 19.6 Å². The lowest BCUT2D eigenvalue weighted by Gasteiger charge is -2.10. The monoisotopic (exact) mass is 436 g/mol. The van der Waals surface area contributed by atoms with Crippen LogP contribution in [0.25, 0.3) is 0 Å². The van der Waals surface area contributed by atoms with E-state index in [-0.39, 0.29) is 24.1 Å². The van der Waals surface area contributed by atoms with Crippen molar-refractivity contribution in [2.75, 3.05) is 5.32 Å². The van der Waals surface area contributed by atoms with Gasteiger partial charge in [0.05, 0.1) is 35.9 Å². The van der Waals surface area contributed by atoms with Gasteiger partial charge >= 0.3 is 5.82 Å². The molecular formula is C18H18Cl2N6O3. The van der Waals surface area contributed by atoms with E-state index in [0.29, 0.717) is 22.3 Å². The normalized spacial score (nSPS) is 12.0. The highest BCUT2D eigenvalue weighted by atomic mass is 35.5. The average molecular weight is 437 g/mol. The lowest BCUT2D eigenvalue weighted by atomic mass is 10.1. The van der Waals surface area contributed by atoms with E-state index in [9.17, 15) is 14.9 Å². The van der Waals surface area contributed by atoms with Crippen LogP contribution in [0.1, 0.15) is 18.2 Å². The molecule has 0 aliphatic carbocycles. The number of hydrogen-bond acceptors (Lipinski definition) is 5. The summed E-state index contributed by atoms with van der Waals surface area (Å²) in [5.41, 5.74) is 1.58. The van der Waals surface area contributed by atoms with Gasteiger partial charge in [0, 0.05) is 11.2 Å². The second-order valence-electron chi connectivity index (χ2n) is 6.62. The Hall–Kier alpha value is -2.91. The number of nitrogens with zero attached hydrogens (tertiary/aromatic N) is 5. The van der Waals surface area contributed by atoms with Gasteiger partial charge in [-0.05, 0) is 29.5 Å². The molecule has 0 saturated heterocycles. The smallest absolute Gasteiger partial charge is 0.358 e. The van der Waals surface area contributed by atoms with Gasteiger partial charge in [-0.15, -0.1) is 0 Å². The topological polar surface area (TPSA) is 108 Å². The van der Waals surface area contributed by atoms with Gasteiger partial charge < -0.3 is 15.4 Å². The lowest BCUT2D eigenvalue weighted by molar-refractivity contribution is -0.389. The van der Waals surface area contributed by atoms with Crippen molar-refractivity contribution in [3.63, 3.8) is 0 Å². The van der Waals surface area contributed by atoms with Gasteiger partial charge in [-0.25, -0.2) is 0 Å². The minimum absolute atomic E-state index is 0.189. The summed E-state index contributed by atoms with van der Waals surface area (Å²) in [6, 6.07) is 8.69. The highest BCUT2D eigenvalue weighted by Gasteiger charge is 2.22. The van der Waals surface area contributed by atoms with Crippen molar-refractivity contribution < 1.29 is 9.72 Å². The summed E-state index contributed by atoms with van der Waals surface area (Å²) < 4.78 is 3.05. The van der Waals surface area contributed by atoms with E-state index in [0.717, 1.165) is 5.56 Å². The second kappa shape index (κ2) is 8.62. The molecule has 3 aromatic rings. The zero-order chi connectivity index (χ0) is 21.1. The van der Waals surface area contributed by atoms with E-state index in [1.54, 1.807) is 36.9 Å². The molecule has 1 N–H and O–H groups in total. The maximum atomic E-state index is 12.5. The molecule has 0 radical (unpaired) electrons. The molecule has 9 nitrogen and oxygen atoms in total. The fraction of sp³-hybridized carbons (Fsp3) is 0.278. The Kier molecular flexibility index (Phi) is 6.19. The Morgan fingerprint density at radius 2 is 1.97 bits per heavy atom. The van der Waals surface area contributed by atoms with Gasteiger partial charge in [-0.1, -0.05) is 42.3 Å². The molecule has 2 aromatic heterocycles. The summed E-state index contributed by atoms with van der Waals surface area (Å²) in [5, 5.41) is 22.7. The maximum absolute atomic E-state index is 12.5. The molecule has 0 fully saturated rings. The van der Waals surface area contributed by atoms with E-state index >= 15 is 0 Å². The van der Waals surface area contributed by atoms with Crippen molar-refractivity contribution >= 4 is 40.7 Å². The third kappa shape index (κ3) is 5.12. The highest BCUT2D eigenvalue weighted by Crippen LogP contribution is 2.22. The first-order valence-electron chi connectivity index (χ1n) is 8.70. The van der Waals surface area contributed by atoms with E-state index in [1.165, 1.54) is 10.7 Å². The van der Waals surface area contributed by atoms with Gasteiger partial charge in [0.2, 0.25) is 5.91 Å². The minimum atomic E-state index is -0.568. The number of carbonyl (C=O) groups is 1. The fourth-order valence-corrected chi connectivity index (χ4v) is 3.01. The molecule has 0 aliphatic rings. The Labute approximate surface area is 176 Å². The third-order valence-electron chi connectivity index (χ3n) is 4.27. The predicted octanol–water partition coefficient (Wildman–Crippen LogP) is 3.93. The van der Waals surface area contributed by atoms with Gasteiger partial charge in [0.15, 0.2) is 5.82 Å². The Balaban J connectivity index is 1.64. The first kappa shape index (κ1) is 20.8. The number of carbonyl (C=O) groups excluding carboxylic acids is 1. The third-order valence-corrected chi connectivity index (χ3v) is 4.79. The van der Waals surface area contributed by atoms with Gasteiger partial charge in [0.1, 0.15) is 5.02 Å². The summed E-state index contributed by atoms with van der Waals surface area (Å²) in [4.78, 5) is 22.8. The molecule has 1 amide bonds. The van der Waals surface area contributed by atoms with Crippen molar-refractivity contribution in [1.29, 1.82) is 0 Å². The molecule has 0 spiro atoms. The van der Waals surface area contributed by atoms with Crippen molar-refractivity contribution in [3.8, 4) is 0 Å². The number of amides is 1. The maximum Gasteiger partial charge on any atom is 0.390 e. The molecule has 2 heterocycles. The molecule has 0 bridgehead atoms. The largest absolute Gasteiger partial charge is 0.390 e. The molecule has 0 saturated carbocycles. The molecule has 1 unspecified atom stereocenters. The SMILES string of the molecule is Cc1cc([N+](=O)[O-])nn1CC(C)C(=O)Nc1nn(Cc2ccc(Cl)cc2)cc1Cl. The van der Waals surface area contributed by atoms with Crippen LogP contribution in [0.3, 0.4) is 0 Å². The van der Waals surface area contributed by atoms with E-state index in [1.807, 2.05) is 12.1 Å². The van der Waals surface area contributed by atoms with Crippen LogP contribution in [0, 0.1) is 23.0 Å². The quantitative estimate of drug-likeness (QED) is 0.445. The van der Waals surface area contributed by atoms with Gasteiger partial charge in [-0.2, -0.15) is 9.78 Å². The fourth-order valence-electron chi connectivity index (χ4n) is 2.69. The van der Waals surface area contributed by atoms with E-state index < -0.39 is 10.8 Å². The first-order valence-corrected chi connectivity index (χ1v) is 9.45. The summed E-state index contributed by atoms with van der Waals surface area (Å²) in [7, 11) is 0. The van der Waals surface area contributed by atoms with Crippen LogP contribution in [0.5, 0.6) is 0 Å². The van der Waals surface area contributed by atoms with Gasteiger partial charge in [-0.3, -0.25) is 9.48 Å². The van der Waals surface area contributed by atoms with Crippen LogP contribution in [0.15, 0.2) is 36.5 Å². The molecular weight excluding hydrogens is 419 g/mol. The standard InChI is InChI=1S/C18H18Cl2N6O3/c1-11(8-25-12(2)7-16(22-25)26(28)29)18(27)21-17-15(20)10-24(23-17)9-13-3-5-14(19)6-4-13/h3-7,10-11H,8-9H2,1-2H3,(H,21,23,27). The van der Waals surface area contributed by atoms with E-state index in [2.05, 4.69) is 15.5 Å². The molecule has 152 valence electrons. The number of hydrogen-bond donors (Lipinski definition) is 1. The molecule has 29 heavy (non-hydrogen) atoms. The van der Waals surface area contributed by atoms with Crippen LogP contribution in [-0.4, -0.2) is 30.4 Å². The molecule has 1 aromatic carbocycles. The molecule has 1 atom stereocenters. The highest BCUT2D eigenvalue weighted by molar-refractivity contribution is 6.33. The van der Waals surface area contributed by atoms with Crippen molar-refractivity contribution in [2.45, 2.75) is 26.9 Å². The minimum Gasteiger partial charge on any atom is -0.358 e. The Morgan fingerprint density at radius 3 is 2.59 bits per heavy atom. The summed E-state index contributed by atoms with van der Waals surface area (Å²) in [6.07, 6.45) is 1.62. The van der Waals surface area contributed by atoms with Crippen LogP contribution >= 0.6 is 23.2 Å². The number of nitrogens with one attached hydrogen (secondary N) is 1. The predicted molar refractivity (Wildman–Crippen MR) is 109 cm³/mol. The van der Waals surface area contributed by atoms with E-state index in [4.69, 9.17) is 23.2 Å². The van der Waals surface area contributed by atoms with Crippen LogP contribution in [-0.2, 0) is 17.9 Å². The van der Waals surface area contributed by atoms with Gasteiger partial charge in [0.25, 0.3) is 0 Å². The number of nitro groups is 1. The molecule has 11 heteroatoms. The van der Waals surface area contributed by atoms with Crippen molar-refractivity contribution in [2.24, 2.45) is 5.92 Å².